The number of aliphatic hydroxyl groups is 1. The van der Waals surface area contributed by atoms with Crippen LogP contribution in [0, 0.1) is 37.0 Å². The average molecular weight is 442 g/mol. The minimum Gasteiger partial charge on any atom is -0.382 e. The molecule has 1 aromatic heterocycles. The van der Waals surface area contributed by atoms with Gasteiger partial charge in [-0.2, -0.15) is 0 Å². The number of aliphatic hydroxyl groups excluding tert-OH is 1. The molecule has 3 amide bonds. The third-order valence-corrected chi connectivity index (χ3v) is 4.75. The van der Waals surface area contributed by atoms with Crippen LogP contribution in [0.25, 0.3) is 0 Å². The van der Waals surface area contributed by atoms with Gasteiger partial charge in [0.15, 0.2) is 0 Å². The number of aromatic nitrogens is 2. The molecule has 2 unspecified atom stereocenters. The van der Waals surface area contributed by atoms with Gasteiger partial charge >= 0.3 is 0 Å². The van der Waals surface area contributed by atoms with Crippen LogP contribution >= 0.6 is 11.3 Å². The Bertz CT molecular complexity index is 741. The first-order chi connectivity index (χ1) is 13.9. The third kappa shape index (κ3) is 8.44. The Morgan fingerprint density at radius 3 is 2.07 bits per heavy atom. The van der Waals surface area contributed by atoms with Crippen molar-refractivity contribution in [2.45, 2.75) is 60.1 Å². The number of hydrogen-bond donors (Lipinski definition) is 5. The second-order valence-corrected chi connectivity index (χ2v) is 9.26. The Balaban J connectivity index is 0.00000407. The molecule has 0 saturated carbocycles. The van der Waals surface area contributed by atoms with Gasteiger partial charge in [-0.05, 0) is 24.7 Å². The molecule has 0 saturated heterocycles. The highest BCUT2D eigenvalue weighted by Gasteiger charge is 2.38. The van der Waals surface area contributed by atoms with E-state index in [2.05, 4.69) is 33.7 Å². The Morgan fingerprint density at radius 2 is 1.67 bits per heavy atom. The molecule has 168 valence electrons. The van der Waals surface area contributed by atoms with Gasteiger partial charge in [0.05, 0.1) is 5.92 Å². The standard InChI is InChI=1S/C17H29N5O5S.C2H2/c1-8(2)7-10(11(23)14(25)22-27)13(24)18-12(17(4,5)6)15(26)19-16-21-20-9(3)28-16;1-2/h8,10-12,23,27H,7H2,1-6H3,(H,18,24)(H,22,25)(H,19,21,26);1-2H/t10-,11?,12?;/m1./s1. The largest absolute Gasteiger partial charge is 0.382 e. The van der Waals surface area contributed by atoms with E-state index >= 15 is 0 Å². The van der Waals surface area contributed by atoms with Gasteiger partial charge < -0.3 is 10.4 Å². The van der Waals surface area contributed by atoms with Crippen molar-refractivity contribution >= 4 is 34.2 Å². The first kappa shape index (κ1) is 27.5. The number of nitrogens with one attached hydrogen (secondary N) is 3. The molecule has 0 radical (unpaired) electrons. The van der Waals surface area contributed by atoms with E-state index in [4.69, 9.17) is 5.21 Å². The van der Waals surface area contributed by atoms with Crippen molar-refractivity contribution in [1.82, 2.24) is 21.0 Å². The normalized spacial score (nSPS) is 14.0. The molecular weight excluding hydrogens is 410 g/mol. The number of amides is 3. The van der Waals surface area contributed by atoms with Gasteiger partial charge in [0.1, 0.15) is 17.2 Å². The number of carbonyl (C=O) groups is 3. The SMILES string of the molecule is C#C.Cc1nnc(NC(=O)C(NC(=O)[C@H](CC(C)C)C(O)C(=O)NO)C(C)(C)C)s1. The minimum absolute atomic E-state index is 0.0109. The van der Waals surface area contributed by atoms with Crippen LogP contribution in [0.4, 0.5) is 5.13 Å². The minimum atomic E-state index is -1.75. The fourth-order valence-electron chi connectivity index (χ4n) is 2.59. The van der Waals surface area contributed by atoms with Crippen LogP contribution in [-0.2, 0) is 14.4 Å². The van der Waals surface area contributed by atoms with Crippen LogP contribution in [0.1, 0.15) is 46.0 Å². The molecule has 0 bridgehead atoms. The van der Waals surface area contributed by atoms with Gasteiger partial charge in [-0.3, -0.25) is 24.9 Å². The van der Waals surface area contributed by atoms with Crippen LogP contribution in [-0.4, -0.2) is 50.4 Å². The fourth-order valence-corrected chi connectivity index (χ4v) is 3.18. The van der Waals surface area contributed by atoms with E-state index in [0.29, 0.717) is 10.1 Å². The molecule has 30 heavy (non-hydrogen) atoms. The van der Waals surface area contributed by atoms with E-state index in [1.165, 1.54) is 16.8 Å². The van der Waals surface area contributed by atoms with Gasteiger partial charge in [0, 0.05) is 0 Å². The number of nitrogens with zero attached hydrogens (tertiary/aromatic N) is 2. The zero-order chi connectivity index (χ0) is 23.6. The van der Waals surface area contributed by atoms with Crippen molar-refractivity contribution < 1.29 is 24.7 Å². The van der Waals surface area contributed by atoms with E-state index in [9.17, 15) is 19.5 Å². The lowest BCUT2D eigenvalue weighted by Crippen LogP contribution is -2.55. The van der Waals surface area contributed by atoms with Crippen LogP contribution in [0.3, 0.4) is 0 Å². The van der Waals surface area contributed by atoms with Crippen molar-refractivity contribution in [1.29, 1.82) is 0 Å². The van der Waals surface area contributed by atoms with Gasteiger partial charge in [0.2, 0.25) is 16.9 Å². The summed E-state index contributed by atoms with van der Waals surface area (Å²) in [6.07, 6.45) is 6.44. The number of carbonyl (C=O) groups excluding carboxylic acids is 3. The molecule has 0 aliphatic heterocycles. The number of terminal acetylenes is 1. The maximum absolute atomic E-state index is 12.8. The first-order valence-corrected chi connectivity index (χ1v) is 10.0. The van der Waals surface area contributed by atoms with E-state index in [0.717, 1.165) is 0 Å². The topological polar surface area (TPSA) is 154 Å². The number of hydrogen-bond acceptors (Lipinski definition) is 8. The van der Waals surface area contributed by atoms with E-state index in [1.54, 1.807) is 27.7 Å². The van der Waals surface area contributed by atoms with Gasteiger partial charge in [-0.25, -0.2) is 5.48 Å². The number of aryl methyl sites for hydroxylation is 1. The monoisotopic (exact) mass is 441 g/mol. The molecule has 1 heterocycles. The summed E-state index contributed by atoms with van der Waals surface area (Å²) in [6.45, 7) is 10.7. The van der Waals surface area contributed by atoms with Crippen LogP contribution in [0.15, 0.2) is 0 Å². The van der Waals surface area contributed by atoms with Crippen molar-refractivity contribution in [3.63, 3.8) is 0 Å². The maximum Gasteiger partial charge on any atom is 0.272 e. The highest BCUT2D eigenvalue weighted by atomic mass is 32.1. The Hall–Kier alpha value is -2.55. The molecule has 11 heteroatoms. The quantitative estimate of drug-likeness (QED) is 0.230. The van der Waals surface area contributed by atoms with Crippen molar-refractivity contribution in [2.75, 3.05) is 5.32 Å². The number of anilines is 1. The third-order valence-electron chi connectivity index (χ3n) is 3.99. The highest BCUT2D eigenvalue weighted by Crippen LogP contribution is 2.24. The summed E-state index contributed by atoms with van der Waals surface area (Å²) in [6, 6.07) is -0.955. The number of hydroxylamine groups is 1. The van der Waals surface area contributed by atoms with E-state index in [-0.39, 0.29) is 12.3 Å². The summed E-state index contributed by atoms with van der Waals surface area (Å²) in [5.74, 6) is -3.37. The molecular formula is C19H31N5O5S. The molecule has 10 nitrogen and oxygen atoms in total. The summed E-state index contributed by atoms with van der Waals surface area (Å²) in [5, 5.41) is 32.8. The van der Waals surface area contributed by atoms with Crippen LogP contribution in [0.2, 0.25) is 0 Å². The second-order valence-electron chi connectivity index (χ2n) is 8.08. The predicted molar refractivity (Wildman–Crippen MR) is 113 cm³/mol. The Kier molecular flexibility index (Phi) is 11.2. The maximum atomic E-state index is 12.8. The summed E-state index contributed by atoms with van der Waals surface area (Å²) in [7, 11) is 0. The van der Waals surface area contributed by atoms with Crippen LogP contribution < -0.4 is 16.1 Å². The Labute approximate surface area is 180 Å². The zero-order valence-corrected chi connectivity index (χ0v) is 18.9. The van der Waals surface area contributed by atoms with Crippen LogP contribution in [0.5, 0.6) is 0 Å². The average Bonchev–Trinajstić information content (AvgIpc) is 3.07. The molecule has 0 aliphatic rings. The lowest BCUT2D eigenvalue weighted by atomic mass is 9.84. The molecule has 0 spiro atoms. The summed E-state index contributed by atoms with van der Waals surface area (Å²) < 4.78 is 0. The zero-order valence-electron chi connectivity index (χ0n) is 18.1. The summed E-state index contributed by atoms with van der Waals surface area (Å²) in [4.78, 5) is 37.2. The smallest absolute Gasteiger partial charge is 0.272 e. The molecule has 3 atom stereocenters. The lowest BCUT2D eigenvalue weighted by Gasteiger charge is -2.32. The van der Waals surface area contributed by atoms with E-state index in [1.807, 2.05) is 13.8 Å². The summed E-state index contributed by atoms with van der Waals surface area (Å²) in [5.41, 5.74) is 0.692. The highest BCUT2D eigenvalue weighted by molar-refractivity contribution is 7.15. The van der Waals surface area contributed by atoms with Crippen molar-refractivity contribution in [2.24, 2.45) is 17.3 Å². The lowest BCUT2D eigenvalue weighted by molar-refractivity contribution is -0.147. The van der Waals surface area contributed by atoms with Crippen molar-refractivity contribution in [3.8, 4) is 12.8 Å². The van der Waals surface area contributed by atoms with Gasteiger partial charge in [0.25, 0.3) is 5.91 Å². The van der Waals surface area contributed by atoms with E-state index < -0.39 is 41.2 Å². The summed E-state index contributed by atoms with van der Waals surface area (Å²) >= 11 is 1.20. The molecule has 0 fully saturated rings. The number of rotatable bonds is 8. The first-order valence-electron chi connectivity index (χ1n) is 9.23. The molecule has 0 aliphatic carbocycles. The fraction of sp³-hybridized carbons (Fsp3) is 0.632. The second kappa shape index (κ2) is 12.2. The van der Waals surface area contributed by atoms with Gasteiger partial charge in [-0.15, -0.1) is 23.0 Å². The molecule has 1 aromatic rings. The predicted octanol–water partition coefficient (Wildman–Crippen LogP) is 1.09. The van der Waals surface area contributed by atoms with Gasteiger partial charge in [-0.1, -0.05) is 46.0 Å². The molecule has 0 aromatic carbocycles. The Morgan fingerprint density at radius 1 is 1.10 bits per heavy atom. The van der Waals surface area contributed by atoms with Crippen molar-refractivity contribution in [3.05, 3.63) is 5.01 Å². The molecule has 1 rings (SSSR count). The molecule has 5 N–H and O–H groups in total.